The highest BCUT2D eigenvalue weighted by Crippen LogP contribution is 2.38. The molecule has 3 fully saturated rings. The number of likely N-dealkylation sites (tertiary alicyclic amines) is 2. The van der Waals surface area contributed by atoms with E-state index in [-0.39, 0.29) is 49.1 Å². The van der Waals surface area contributed by atoms with Crippen LogP contribution in [-0.4, -0.2) is 99.2 Å². The number of nitrogens with two attached hydrogens (primary N) is 1. The molecule has 6 atom stereocenters. The minimum atomic E-state index is -1.83. The van der Waals surface area contributed by atoms with Crippen LogP contribution in [0.1, 0.15) is 59.3 Å². The molecule has 2 aromatic carbocycles. The number of hydrogen-bond donors (Lipinski definition) is 4. The van der Waals surface area contributed by atoms with Crippen molar-refractivity contribution in [3.63, 3.8) is 0 Å². The van der Waals surface area contributed by atoms with Crippen molar-refractivity contribution in [3.05, 3.63) is 67.3 Å². The predicted molar refractivity (Wildman–Crippen MR) is 205 cm³/mol. The number of ether oxygens (including phenoxy) is 2. The van der Waals surface area contributed by atoms with E-state index in [1.165, 1.54) is 4.90 Å². The van der Waals surface area contributed by atoms with Crippen molar-refractivity contribution in [3.8, 4) is 22.8 Å². The van der Waals surface area contributed by atoms with Crippen LogP contribution in [0.15, 0.2) is 67.3 Å². The number of carbonyl (C=O) groups is 5. The quantitative estimate of drug-likeness (QED) is 0.191. The van der Waals surface area contributed by atoms with Crippen LogP contribution in [0, 0.1) is 17.3 Å². The molecule has 2 saturated heterocycles. The molecule has 14 nitrogen and oxygen atoms in total. The van der Waals surface area contributed by atoms with Gasteiger partial charge >= 0.3 is 6.16 Å². The normalized spacial score (nSPS) is 22.4. The van der Waals surface area contributed by atoms with Crippen LogP contribution in [0.4, 0.5) is 4.79 Å². The van der Waals surface area contributed by atoms with E-state index < -0.39 is 41.6 Å². The summed E-state index contributed by atoms with van der Waals surface area (Å²) in [6.07, 6.45) is 2.55. The topological polar surface area (TPSA) is 202 Å². The first-order valence-corrected chi connectivity index (χ1v) is 18.6. The number of primary amides is 1. The van der Waals surface area contributed by atoms with Crippen molar-refractivity contribution in [2.24, 2.45) is 23.0 Å². The van der Waals surface area contributed by atoms with Gasteiger partial charge in [0.1, 0.15) is 29.7 Å². The van der Waals surface area contributed by atoms with Crippen LogP contribution in [-0.2, 0) is 19.2 Å². The van der Waals surface area contributed by atoms with Crippen molar-refractivity contribution in [2.75, 3.05) is 20.2 Å². The highest BCUT2D eigenvalue weighted by molar-refractivity contribution is 5.93. The Labute approximate surface area is 320 Å². The van der Waals surface area contributed by atoms with Crippen molar-refractivity contribution in [2.45, 2.75) is 83.5 Å². The molecule has 4 amide bonds. The third-order valence-electron chi connectivity index (χ3n) is 10.5. The molecule has 6 rings (SSSR count). The maximum Gasteiger partial charge on any atom is 0.503 e. The summed E-state index contributed by atoms with van der Waals surface area (Å²) in [4.78, 5) is 71.2. The largest absolute Gasteiger partial charge is 0.503 e. The number of carbonyl (C=O) groups excluding carboxylic acids is 4. The molecule has 55 heavy (non-hydrogen) atoms. The van der Waals surface area contributed by atoms with Gasteiger partial charge in [0.25, 0.3) is 0 Å². The van der Waals surface area contributed by atoms with Gasteiger partial charge in [-0.1, -0.05) is 57.2 Å². The number of amides is 4. The third-order valence-corrected chi connectivity index (χ3v) is 10.5. The standard InChI is InChI=1S/C40H49N5O6.CH2O3/c1-6-24-18-30(24)43-38(48)34-20-27(51-35-22-31(25-12-8-7-9-13-25)42-32-19-26(50-5)15-16-28(32)35)23-45(34)39(49)29(40(2,3)4)21-36(46)44-17-11-10-14-33(44)37(41)47;2-1(3)4/h6-9,12-13,15-16,19,22,24,27,29-30,33-34H,1,10-11,14,17-18,20-21,23H2,2-5H3,(H2,41,47)(H,43,48);(H2,2,3,4)/t24?,27-,29-,30?,33?,34+;/m1./s1. The van der Waals surface area contributed by atoms with Crippen LogP contribution in [0.25, 0.3) is 22.2 Å². The fraction of sp³-hybridized carbons (Fsp3) is 0.463. The summed E-state index contributed by atoms with van der Waals surface area (Å²) in [6.45, 7) is 10.2. The number of fused-ring (bicyclic) bond motifs is 1. The van der Waals surface area contributed by atoms with Crippen LogP contribution >= 0.6 is 0 Å². The molecule has 0 spiro atoms. The molecule has 1 aliphatic carbocycles. The lowest BCUT2D eigenvalue weighted by molar-refractivity contribution is -0.150. The zero-order valence-corrected chi connectivity index (χ0v) is 31.8. The van der Waals surface area contributed by atoms with Crippen LogP contribution in [0.3, 0.4) is 0 Å². The van der Waals surface area contributed by atoms with Gasteiger partial charge in [-0.25, -0.2) is 9.78 Å². The summed E-state index contributed by atoms with van der Waals surface area (Å²) >= 11 is 0. The average Bonchev–Trinajstić information content (AvgIpc) is 3.77. The molecule has 294 valence electrons. The highest BCUT2D eigenvalue weighted by atomic mass is 16.6. The van der Waals surface area contributed by atoms with Gasteiger partial charge in [-0.15, -0.1) is 6.58 Å². The first kappa shape index (κ1) is 40.5. The second-order valence-electron chi connectivity index (χ2n) is 15.4. The van der Waals surface area contributed by atoms with Crippen molar-refractivity contribution < 1.29 is 43.7 Å². The Morgan fingerprint density at radius 3 is 2.35 bits per heavy atom. The zero-order valence-electron chi connectivity index (χ0n) is 31.8. The lowest BCUT2D eigenvalue weighted by Gasteiger charge is -2.38. The van der Waals surface area contributed by atoms with Crippen LogP contribution in [0.5, 0.6) is 11.5 Å². The van der Waals surface area contributed by atoms with E-state index in [0.717, 1.165) is 30.2 Å². The smallest absolute Gasteiger partial charge is 0.497 e. The van der Waals surface area contributed by atoms with Gasteiger partial charge < -0.3 is 40.5 Å². The first-order valence-electron chi connectivity index (χ1n) is 18.6. The average molecular weight is 758 g/mol. The van der Waals surface area contributed by atoms with E-state index in [9.17, 15) is 19.2 Å². The molecule has 3 aliphatic rings. The van der Waals surface area contributed by atoms with E-state index in [1.54, 1.807) is 12.0 Å². The van der Waals surface area contributed by atoms with E-state index in [4.69, 9.17) is 35.2 Å². The van der Waals surface area contributed by atoms with Gasteiger partial charge in [0.15, 0.2) is 0 Å². The molecule has 2 aliphatic heterocycles. The second kappa shape index (κ2) is 17.2. The number of nitrogens with one attached hydrogen (secondary N) is 1. The Balaban J connectivity index is 0.00000138. The minimum Gasteiger partial charge on any atom is -0.497 e. The van der Waals surface area contributed by atoms with Gasteiger partial charge in [0, 0.05) is 48.5 Å². The lowest BCUT2D eigenvalue weighted by atomic mass is 9.77. The molecule has 0 radical (unpaired) electrons. The molecule has 3 aromatic rings. The van der Waals surface area contributed by atoms with Crippen molar-refractivity contribution in [1.82, 2.24) is 20.1 Å². The summed E-state index contributed by atoms with van der Waals surface area (Å²) in [5, 5.41) is 17.8. The van der Waals surface area contributed by atoms with Crippen LogP contribution in [0.2, 0.25) is 0 Å². The number of pyridine rings is 1. The van der Waals surface area contributed by atoms with Gasteiger partial charge in [0.05, 0.1) is 30.8 Å². The molecule has 14 heteroatoms. The molecule has 3 unspecified atom stereocenters. The summed E-state index contributed by atoms with van der Waals surface area (Å²) in [5.41, 5.74) is 7.37. The Bertz CT molecular complexity index is 1910. The minimum absolute atomic E-state index is 0.0238. The summed E-state index contributed by atoms with van der Waals surface area (Å²) in [7, 11) is 1.61. The summed E-state index contributed by atoms with van der Waals surface area (Å²) in [6, 6.07) is 15.8. The number of hydrogen-bond acceptors (Lipinski definition) is 8. The van der Waals surface area contributed by atoms with Gasteiger partial charge in [0.2, 0.25) is 23.6 Å². The van der Waals surface area contributed by atoms with E-state index >= 15 is 0 Å². The summed E-state index contributed by atoms with van der Waals surface area (Å²) < 4.78 is 12.2. The van der Waals surface area contributed by atoms with Gasteiger partial charge in [-0.3, -0.25) is 19.2 Å². The second-order valence-corrected chi connectivity index (χ2v) is 15.4. The fourth-order valence-corrected chi connectivity index (χ4v) is 7.41. The van der Waals surface area contributed by atoms with E-state index in [0.29, 0.717) is 35.7 Å². The maximum absolute atomic E-state index is 14.7. The molecule has 1 aromatic heterocycles. The van der Waals surface area contributed by atoms with Gasteiger partial charge in [-0.05, 0) is 49.1 Å². The third kappa shape index (κ3) is 9.91. The first-order chi connectivity index (χ1) is 26.1. The lowest BCUT2D eigenvalue weighted by Crippen LogP contribution is -2.53. The molecular formula is C41H51N5O9. The SMILES string of the molecule is C=CC1CC1NC(=O)[C@@H]1C[C@@H](Oc2cc(-c3ccccc3)nc3cc(OC)ccc23)CN1C(=O)[C@@H](CC(=O)N1CCCCC1C(N)=O)C(C)(C)C.O=C(O)O. The zero-order chi connectivity index (χ0) is 40.0. The van der Waals surface area contributed by atoms with Crippen molar-refractivity contribution >= 4 is 40.7 Å². The van der Waals surface area contributed by atoms with E-state index in [2.05, 4.69) is 11.9 Å². The number of aromatic nitrogens is 1. The number of benzene rings is 2. The molecule has 1 saturated carbocycles. The predicted octanol–water partition coefficient (Wildman–Crippen LogP) is 5.09. The number of rotatable bonds is 11. The summed E-state index contributed by atoms with van der Waals surface area (Å²) in [5.74, 6) is -0.665. The van der Waals surface area contributed by atoms with E-state index in [1.807, 2.05) is 81.4 Å². The fourth-order valence-electron chi connectivity index (χ4n) is 7.41. The molecule has 5 N–H and O–H groups in total. The number of carboxylic acid groups (broad SMARTS) is 2. The maximum atomic E-state index is 14.7. The Morgan fingerprint density at radius 2 is 1.73 bits per heavy atom. The Kier molecular flexibility index (Phi) is 12.7. The molecule has 3 heterocycles. The monoisotopic (exact) mass is 757 g/mol. The Hall–Kier alpha value is -5.66. The number of methoxy groups -OCH3 is 1. The molecule has 0 bridgehead atoms. The van der Waals surface area contributed by atoms with Gasteiger partial charge in [-0.2, -0.15) is 0 Å². The number of nitrogens with zero attached hydrogens (tertiary/aromatic N) is 3. The highest BCUT2D eigenvalue weighted by Gasteiger charge is 2.48. The van der Waals surface area contributed by atoms with Crippen LogP contribution < -0.4 is 20.5 Å². The Morgan fingerprint density at radius 1 is 1.02 bits per heavy atom. The van der Waals surface area contributed by atoms with Crippen molar-refractivity contribution in [1.29, 1.82) is 0 Å². The number of piperidine rings is 1. The molecular weight excluding hydrogens is 706 g/mol.